The highest BCUT2D eigenvalue weighted by Crippen LogP contribution is 2.22. The number of halogens is 2. The third-order valence-electron chi connectivity index (χ3n) is 1.41. The number of hydrogen-bond donors (Lipinski definition) is 1. The molecule has 1 nitrogen and oxygen atoms in total. The van der Waals surface area contributed by atoms with Gasteiger partial charge in [0.25, 0.3) is 0 Å². The summed E-state index contributed by atoms with van der Waals surface area (Å²) in [6.07, 6.45) is -0.662. The van der Waals surface area contributed by atoms with Crippen LogP contribution in [0.15, 0.2) is 24.3 Å². The molecule has 11 heavy (non-hydrogen) atoms. The van der Waals surface area contributed by atoms with Gasteiger partial charge < -0.3 is 5.11 Å². The number of aliphatic hydroxyl groups excluding tert-OH is 1. The predicted molar refractivity (Wildman–Crippen MR) is 47.1 cm³/mol. The zero-order valence-electron chi connectivity index (χ0n) is 5.80. The molecule has 0 aliphatic heterocycles. The summed E-state index contributed by atoms with van der Waals surface area (Å²) < 4.78 is 0. The van der Waals surface area contributed by atoms with Gasteiger partial charge in [0, 0.05) is 10.6 Å². The van der Waals surface area contributed by atoms with Crippen LogP contribution in [-0.4, -0.2) is 11.0 Å². The SMILES string of the molecule is O[C@H](CCl)c1ccccc1Cl. The van der Waals surface area contributed by atoms with Crippen LogP contribution in [0, 0.1) is 0 Å². The van der Waals surface area contributed by atoms with Gasteiger partial charge in [0.05, 0.1) is 12.0 Å². The third-order valence-corrected chi connectivity index (χ3v) is 2.05. The fourth-order valence-electron chi connectivity index (χ4n) is 0.828. The van der Waals surface area contributed by atoms with Crippen molar-refractivity contribution in [2.24, 2.45) is 0 Å². The van der Waals surface area contributed by atoms with Crippen molar-refractivity contribution < 1.29 is 5.11 Å². The van der Waals surface area contributed by atoms with Gasteiger partial charge >= 0.3 is 0 Å². The summed E-state index contributed by atoms with van der Waals surface area (Å²) in [5.41, 5.74) is 0.684. The predicted octanol–water partition coefficient (Wildman–Crippen LogP) is 2.61. The molecule has 1 aromatic carbocycles. The van der Waals surface area contributed by atoms with Gasteiger partial charge in [-0.2, -0.15) is 0 Å². The van der Waals surface area contributed by atoms with Crippen molar-refractivity contribution in [2.45, 2.75) is 6.10 Å². The second-order valence-corrected chi connectivity index (χ2v) is 2.91. The average Bonchev–Trinajstić information content (AvgIpc) is 2.04. The quantitative estimate of drug-likeness (QED) is 0.712. The Morgan fingerprint density at radius 1 is 1.36 bits per heavy atom. The molecule has 60 valence electrons. The molecular weight excluding hydrogens is 183 g/mol. The largest absolute Gasteiger partial charge is 0.387 e. The van der Waals surface area contributed by atoms with E-state index in [-0.39, 0.29) is 5.88 Å². The summed E-state index contributed by atoms with van der Waals surface area (Å²) in [5, 5.41) is 9.85. The maximum atomic E-state index is 9.29. The van der Waals surface area contributed by atoms with Gasteiger partial charge in [-0.3, -0.25) is 0 Å². The molecule has 0 heterocycles. The molecule has 1 rings (SSSR count). The van der Waals surface area contributed by atoms with Crippen molar-refractivity contribution >= 4 is 23.2 Å². The summed E-state index contributed by atoms with van der Waals surface area (Å²) in [6.45, 7) is 0. The topological polar surface area (TPSA) is 20.2 Å². The molecule has 1 N–H and O–H groups in total. The maximum absolute atomic E-state index is 9.29. The van der Waals surface area contributed by atoms with E-state index in [0.29, 0.717) is 10.6 Å². The minimum Gasteiger partial charge on any atom is -0.387 e. The molecule has 3 heteroatoms. The third kappa shape index (κ3) is 2.09. The van der Waals surface area contributed by atoms with Gasteiger partial charge in [0.1, 0.15) is 0 Å². The van der Waals surface area contributed by atoms with E-state index in [4.69, 9.17) is 23.2 Å². The van der Waals surface area contributed by atoms with Crippen molar-refractivity contribution in [3.05, 3.63) is 34.9 Å². The van der Waals surface area contributed by atoms with Crippen molar-refractivity contribution in [1.29, 1.82) is 0 Å². The van der Waals surface area contributed by atoms with Gasteiger partial charge in [-0.1, -0.05) is 29.8 Å². The van der Waals surface area contributed by atoms with Crippen molar-refractivity contribution in [3.63, 3.8) is 0 Å². The lowest BCUT2D eigenvalue weighted by Gasteiger charge is -2.07. The van der Waals surface area contributed by atoms with Crippen molar-refractivity contribution in [1.82, 2.24) is 0 Å². The summed E-state index contributed by atoms with van der Waals surface area (Å²) in [6, 6.07) is 7.12. The Balaban J connectivity index is 2.93. The number of rotatable bonds is 2. The second kappa shape index (κ2) is 3.96. The van der Waals surface area contributed by atoms with E-state index in [2.05, 4.69) is 0 Å². The molecule has 0 radical (unpaired) electrons. The lowest BCUT2D eigenvalue weighted by atomic mass is 10.1. The van der Waals surface area contributed by atoms with Gasteiger partial charge in [-0.15, -0.1) is 11.6 Å². The Labute approximate surface area is 75.6 Å². The molecule has 1 atom stereocenters. The minimum atomic E-state index is -0.662. The van der Waals surface area contributed by atoms with E-state index in [1.807, 2.05) is 12.1 Å². The number of aliphatic hydroxyl groups is 1. The fourth-order valence-corrected chi connectivity index (χ4v) is 1.26. The van der Waals surface area contributed by atoms with Crippen LogP contribution in [0.4, 0.5) is 0 Å². The first-order valence-electron chi connectivity index (χ1n) is 3.24. The smallest absolute Gasteiger partial charge is 0.0939 e. The zero-order valence-corrected chi connectivity index (χ0v) is 7.31. The summed E-state index contributed by atoms with van der Waals surface area (Å²) in [7, 11) is 0. The summed E-state index contributed by atoms with van der Waals surface area (Å²) in [4.78, 5) is 0. The highest BCUT2D eigenvalue weighted by atomic mass is 35.5. The first-order valence-corrected chi connectivity index (χ1v) is 4.15. The van der Waals surface area contributed by atoms with Gasteiger partial charge in [-0.25, -0.2) is 0 Å². The van der Waals surface area contributed by atoms with Crippen LogP contribution in [0.25, 0.3) is 0 Å². The van der Waals surface area contributed by atoms with E-state index in [0.717, 1.165) is 0 Å². The highest BCUT2D eigenvalue weighted by Gasteiger charge is 2.08. The normalized spacial score (nSPS) is 13.0. The number of hydrogen-bond acceptors (Lipinski definition) is 1. The molecule has 0 fully saturated rings. The van der Waals surface area contributed by atoms with E-state index in [1.165, 1.54) is 0 Å². The fraction of sp³-hybridized carbons (Fsp3) is 0.250. The van der Waals surface area contributed by atoms with Gasteiger partial charge in [0.2, 0.25) is 0 Å². The average molecular weight is 191 g/mol. The van der Waals surface area contributed by atoms with Crippen molar-refractivity contribution in [3.8, 4) is 0 Å². The first-order chi connectivity index (χ1) is 5.25. The van der Waals surface area contributed by atoms with Crippen molar-refractivity contribution in [2.75, 3.05) is 5.88 Å². The molecule has 0 saturated carbocycles. The Morgan fingerprint density at radius 3 is 2.55 bits per heavy atom. The van der Waals surface area contributed by atoms with E-state index in [1.54, 1.807) is 12.1 Å². The maximum Gasteiger partial charge on any atom is 0.0939 e. The van der Waals surface area contributed by atoms with Gasteiger partial charge in [-0.05, 0) is 6.07 Å². The monoisotopic (exact) mass is 190 g/mol. The second-order valence-electron chi connectivity index (χ2n) is 2.19. The molecule has 0 saturated heterocycles. The number of benzene rings is 1. The molecule has 0 amide bonds. The van der Waals surface area contributed by atoms with Crippen LogP contribution in [0.5, 0.6) is 0 Å². The molecule has 0 bridgehead atoms. The zero-order chi connectivity index (χ0) is 8.27. The first kappa shape index (κ1) is 8.85. The van der Waals surface area contributed by atoms with Crippen LogP contribution in [0.2, 0.25) is 5.02 Å². The molecule has 0 unspecified atom stereocenters. The summed E-state index contributed by atoms with van der Waals surface area (Å²) in [5.74, 6) is 0.170. The lowest BCUT2D eigenvalue weighted by Crippen LogP contribution is -1.98. The standard InChI is InChI=1S/C8H8Cl2O/c9-5-8(11)6-3-1-2-4-7(6)10/h1-4,8,11H,5H2/t8-/m1/s1. The minimum absolute atomic E-state index is 0.170. The highest BCUT2D eigenvalue weighted by molar-refractivity contribution is 6.31. The molecule has 0 aromatic heterocycles. The molecular formula is C8H8Cl2O. The lowest BCUT2D eigenvalue weighted by molar-refractivity contribution is 0.203. The van der Waals surface area contributed by atoms with E-state index in [9.17, 15) is 5.11 Å². The molecule has 0 spiro atoms. The molecule has 0 aliphatic rings. The van der Waals surface area contributed by atoms with E-state index < -0.39 is 6.10 Å². The van der Waals surface area contributed by atoms with E-state index >= 15 is 0 Å². The van der Waals surface area contributed by atoms with Crippen LogP contribution >= 0.6 is 23.2 Å². The molecule has 1 aromatic rings. The molecule has 0 aliphatic carbocycles. The number of alkyl halides is 1. The Morgan fingerprint density at radius 2 is 2.00 bits per heavy atom. The Bertz CT molecular complexity index is 237. The van der Waals surface area contributed by atoms with Crippen LogP contribution in [0.1, 0.15) is 11.7 Å². The van der Waals surface area contributed by atoms with Gasteiger partial charge in [0.15, 0.2) is 0 Å². The summed E-state index contributed by atoms with van der Waals surface area (Å²) >= 11 is 11.2. The van der Waals surface area contributed by atoms with Crippen LogP contribution in [0.3, 0.4) is 0 Å². The Kier molecular flexibility index (Phi) is 3.18. The van der Waals surface area contributed by atoms with Crippen LogP contribution in [-0.2, 0) is 0 Å². The van der Waals surface area contributed by atoms with Crippen LogP contribution < -0.4 is 0 Å². The Hall–Kier alpha value is -0.240.